The highest BCUT2D eigenvalue weighted by atomic mass is 16.4. The Hall–Kier alpha value is -3.79. The van der Waals surface area contributed by atoms with E-state index in [1.54, 1.807) is 0 Å². The maximum Gasteiger partial charge on any atom is 0.326 e. The van der Waals surface area contributed by atoms with Gasteiger partial charge in [0.2, 0.25) is 35.4 Å². The molecule has 0 aliphatic heterocycles. The fraction of sp³-hybridized carbons (Fsp3) is 0.562. The minimum Gasteiger partial charge on any atom is -0.480 e. The highest BCUT2D eigenvalue weighted by Gasteiger charge is 2.32. The first-order chi connectivity index (χ1) is 14.8. The first-order valence-electron chi connectivity index (χ1n) is 9.13. The second-order valence-electron chi connectivity index (χ2n) is 6.66. The molecule has 32 heavy (non-hydrogen) atoms. The molecule has 0 aromatic rings. The van der Waals surface area contributed by atoms with Crippen molar-refractivity contribution in [2.24, 2.45) is 22.9 Å². The van der Waals surface area contributed by atoms with E-state index < -0.39 is 85.0 Å². The Morgan fingerprint density at radius 2 is 1.09 bits per heavy atom. The third kappa shape index (κ3) is 10.8. The molecular formula is C16H27N7O9. The second-order valence-corrected chi connectivity index (χ2v) is 6.66. The van der Waals surface area contributed by atoms with E-state index in [4.69, 9.17) is 33.1 Å². The van der Waals surface area contributed by atoms with E-state index in [1.165, 1.54) is 0 Å². The van der Waals surface area contributed by atoms with Gasteiger partial charge in [0.1, 0.15) is 24.2 Å². The molecule has 0 spiro atoms. The lowest BCUT2D eigenvalue weighted by Gasteiger charge is -2.24. The number of carboxylic acids is 1. The quantitative estimate of drug-likeness (QED) is 0.111. The van der Waals surface area contributed by atoms with E-state index >= 15 is 0 Å². The van der Waals surface area contributed by atoms with E-state index in [0.29, 0.717) is 0 Å². The monoisotopic (exact) mass is 461 g/mol. The van der Waals surface area contributed by atoms with Crippen LogP contribution in [0.5, 0.6) is 0 Å². The number of hydrogen-bond acceptors (Lipinski definition) is 9. The van der Waals surface area contributed by atoms with Gasteiger partial charge in [-0.25, -0.2) is 4.79 Å². The summed E-state index contributed by atoms with van der Waals surface area (Å²) >= 11 is 0. The molecule has 16 nitrogen and oxygen atoms in total. The lowest BCUT2D eigenvalue weighted by molar-refractivity contribution is -0.143. The van der Waals surface area contributed by atoms with E-state index in [2.05, 4.69) is 10.6 Å². The number of aliphatic carboxylic acids is 1. The number of aliphatic hydroxyl groups excluding tert-OH is 1. The van der Waals surface area contributed by atoms with Crippen LogP contribution in [0, 0.1) is 0 Å². The fourth-order valence-corrected chi connectivity index (χ4v) is 2.27. The van der Waals surface area contributed by atoms with Gasteiger partial charge in [-0.3, -0.25) is 28.8 Å². The Morgan fingerprint density at radius 3 is 1.44 bits per heavy atom. The lowest BCUT2D eigenvalue weighted by Crippen LogP contribution is -2.58. The van der Waals surface area contributed by atoms with Crippen LogP contribution in [0.1, 0.15) is 25.7 Å². The van der Waals surface area contributed by atoms with E-state index in [1.807, 2.05) is 5.32 Å². The van der Waals surface area contributed by atoms with Gasteiger partial charge in [-0.15, -0.1) is 0 Å². The molecule has 0 aliphatic rings. The first kappa shape index (κ1) is 28.2. The van der Waals surface area contributed by atoms with Crippen LogP contribution in [-0.2, 0) is 33.6 Å². The molecule has 180 valence electrons. The number of aliphatic hydroxyl groups is 1. The molecule has 6 amide bonds. The summed E-state index contributed by atoms with van der Waals surface area (Å²) in [6.45, 7) is -0.772. The average Bonchev–Trinajstić information content (AvgIpc) is 2.67. The highest BCUT2D eigenvalue weighted by molar-refractivity contribution is 5.97. The standard InChI is InChI=1S/C16H27N7O9/c17-6(5-24)13(28)22-8(3-11(19)26)15(30)23-9(4-12(20)27)14(29)21-7(16(31)32)1-2-10(18)25/h6-9,24H,1-5,17H2,(H2,18,25)(H2,19,26)(H2,20,27)(H,21,29)(H,22,28)(H,23,30)(H,31,32). The summed E-state index contributed by atoms with van der Waals surface area (Å²) in [5.41, 5.74) is 20.4. The third-order valence-electron chi connectivity index (χ3n) is 3.90. The van der Waals surface area contributed by atoms with Crippen molar-refractivity contribution in [1.82, 2.24) is 16.0 Å². The van der Waals surface area contributed by atoms with Crippen LogP contribution in [-0.4, -0.2) is 82.4 Å². The molecule has 13 N–H and O–H groups in total. The number of carbonyl (C=O) groups is 7. The van der Waals surface area contributed by atoms with Crippen molar-refractivity contribution < 1.29 is 43.8 Å². The number of nitrogens with two attached hydrogens (primary N) is 4. The summed E-state index contributed by atoms with van der Waals surface area (Å²) in [5, 5.41) is 24.2. The summed E-state index contributed by atoms with van der Waals surface area (Å²) in [6.07, 6.45) is -2.24. The molecule has 0 bridgehead atoms. The largest absolute Gasteiger partial charge is 0.480 e. The van der Waals surface area contributed by atoms with E-state index in [-0.39, 0.29) is 12.8 Å². The summed E-state index contributed by atoms with van der Waals surface area (Å²) in [4.78, 5) is 81.5. The Morgan fingerprint density at radius 1 is 0.688 bits per heavy atom. The van der Waals surface area contributed by atoms with Crippen molar-refractivity contribution in [2.45, 2.75) is 49.9 Å². The van der Waals surface area contributed by atoms with Crippen molar-refractivity contribution in [1.29, 1.82) is 0 Å². The van der Waals surface area contributed by atoms with Crippen molar-refractivity contribution in [3.63, 3.8) is 0 Å². The molecule has 0 aromatic carbocycles. The van der Waals surface area contributed by atoms with Crippen molar-refractivity contribution >= 4 is 41.4 Å². The van der Waals surface area contributed by atoms with Gasteiger partial charge < -0.3 is 49.1 Å². The van der Waals surface area contributed by atoms with Crippen LogP contribution in [0.3, 0.4) is 0 Å². The Balaban J connectivity index is 5.51. The number of amides is 6. The molecule has 0 heterocycles. The molecule has 4 atom stereocenters. The molecule has 0 saturated carbocycles. The van der Waals surface area contributed by atoms with Gasteiger partial charge in [-0.2, -0.15) is 0 Å². The predicted molar refractivity (Wildman–Crippen MR) is 105 cm³/mol. The van der Waals surface area contributed by atoms with Gasteiger partial charge in [0.25, 0.3) is 0 Å². The minimum atomic E-state index is -1.70. The minimum absolute atomic E-state index is 0.368. The molecule has 16 heteroatoms. The van der Waals surface area contributed by atoms with Crippen LogP contribution in [0.4, 0.5) is 0 Å². The Bertz CT molecular complexity index is 758. The zero-order valence-corrected chi connectivity index (χ0v) is 16.9. The van der Waals surface area contributed by atoms with E-state index in [0.717, 1.165) is 0 Å². The lowest BCUT2D eigenvalue weighted by atomic mass is 10.1. The zero-order chi connectivity index (χ0) is 25.0. The van der Waals surface area contributed by atoms with Gasteiger partial charge in [0.15, 0.2) is 0 Å². The molecule has 0 aromatic heterocycles. The fourth-order valence-electron chi connectivity index (χ4n) is 2.27. The Kier molecular flexibility index (Phi) is 11.9. The van der Waals surface area contributed by atoms with Crippen molar-refractivity contribution in [3.05, 3.63) is 0 Å². The summed E-state index contributed by atoms with van der Waals surface area (Å²) in [6, 6.07) is -6.34. The number of carbonyl (C=O) groups excluding carboxylic acids is 6. The van der Waals surface area contributed by atoms with Crippen molar-refractivity contribution in [3.8, 4) is 0 Å². The molecule has 0 fully saturated rings. The van der Waals surface area contributed by atoms with Gasteiger partial charge in [-0.1, -0.05) is 0 Å². The summed E-state index contributed by atoms with van der Waals surface area (Å²) in [7, 11) is 0. The van der Waals surface area contributed by atoms with Crippen LogP contribution < -0.4 is 38.9 Å². The smallest absolute Gasteiger partial charge is 0.326 e. The average molecular weight is 461 g/mol. The highest BCUT2D eigenvalue weighted by Crippen LogP contribution is 2.02. The summed E-state index contributed by atoms with van der Waals surface area (Å²) < 4.78 is 0. The number of primary amides is 3. The van der Waals surface area contributed by atoms with Gasteiger partial charge in [0.05, 0.1) is 19.4 Å². The molecule has 0 radical (unpaired) electrons. The molecule has 0 saturated heterocycles. The maximum atomic E-state index is 12.5. The Labute approximate surface area is 181 Å². The normalized spacial score (nSPS) is 14.2. The topological polar surface area (TPSA) is 300 Å². The van der Waals surface area contributed by atoms with E-state index in [9.17, 15) is 33.6 Å². The van der Waals surface area contributed by atoms with Crippen LogP contribution in [0.2, 0.25) is 0 Å². The zero-order valence-electron chi connectivity index (χ0n) is 16.9. The number of carboxylic acid groups (broad SMARTS) is 1. The predicted octanol–water partition coefficient (Wildman–Crippen LogP) is -6.14. The first-order valence-corrected chi connectivity index (χ1v) is 9.13. The molecule has 0 aliphatic carbocycles. The number of rotatable bonds is 15. The molecule has 0 rings (SSSR count). The summed E-state index contributed by atoms with van der Waals surface area (Å²) in [5.74, 6) is -7.71. The van der Waals surface area contributed by atoms with Crippen molar-refractivity contribution in [2.75, 3.05) is 6.61 Å². The number of hydrogen-bond donors (Lipinski definition) is 9. The van der Waals surface area contributed by atoms with Crippen LogP contribution in [0.25, 0.3) is 0 Å². The van der Waals surface area contributed by atoms with Gasteiger partial charge in [0, 0.05) is 6.42 Å². The molecular weight excluding hydrogens is 434 g/mol. The van der Waals surface area contributed by atoms with Crippen LogP contribution >= 0.6 is 0 Å². The maximum absolute atomic E-state index is 12.5. The van der Waals surface area contributed by atoms with Crippen LogP contribution in [0.15, 0.2) is 0 Å². The second kappa shape index (κ2) is 13.5. The third-order valence-corrected chi connectivity index (χ3v) is 3.90. The van der Waals surface area contributed by atoms with Gasteiger partial charge >= 0.3 is 5.97 Å². The van der Waals surface area contributed by atoms with Gasteiger partial charge in [-0.05, 0) is 6.42 Å². The molecule has 4 unspecified atom stereocenters. The number of nitrogens with one attached hydrogen (secondary N) is 3. The SMILES string of the molecule is NC(=O)CCC(NC(=O)C(CC(N)=O)NC(=O)C(CC(N)=O)NC(=O)C(N)CO)C(=O)O.